The largest absolute Gasteiger partial charge is 0.476 e. The molecule has 0 aliphatic carbocycles. The standard InChI is InChI=1S/C24H29N5O4/c1-2-4-22-21(3-1)19(17-25-22)18-26-33-24-16-20(29-8-12-31-13-9-29)15-23(27-24)32-14-7-28-5-10-30-11-6-28/h1-4,15-18,25H,5-14H2/b26-18+. The van der Waals surface area contributed by atoms with E-state index in [0.29, 0.717) is 31.6 Å². The number of nitrogens with zero attached hydrogens (tertiary/aromatic N) is 4. The van der Waals surface area contributed by atoms with E-state index in [1.54, 1.807) is 6.21 Å². The molecule has 9 nitrogen and oxygen atoms in total. The summed E-state index contributed by atoms with van der Waals surface area (Å²) in [6.45, 7) is 7.83. The molecule has 0 radical (unpaired) electrons. The van der Waals surface area contributed by atoms with Crippen molar-refractivity contribution in [3.8, 4) is 11.8 Å². The highest BCUT2D eigenvalue weighted by atomic mass is 16.6. The molecule has 0 amide bonds. The Balaban J connectivity index is 1.28. The summed E-state index contributed by atoms with van der Waals surface area (Å²) in [4.78, 5) is 18.0. The van der Waals surface area contributed by atoms with E-state index in [1.165, 1.54) is 0 Å². The Labute approximate surface area is 192 Å². The predicted molar refractivity (Wildman–Crippen MR) is 127 cm³/mol. The minimum atomic E-state index is 0.399. The van der Waals surface area contributed by atoms with Crippen LogP contribution in [0.4, 0.5) is 5.69 Å². The Morgan fingerprint density at radius 3 is 2.61 bits per heavy atom. The quantitative estimate of drug-likeness (QED) is 0.416. The van der Waals surface area contributed by atoms with Gasteiger partial charge in [0, 0.05) is 73.2 Å². The Bertz CT molecular complexity index is 1070. The van der Waals surface area contributed by atoms with Crippen LogP contribution in [0.5, 0.6) is 11.8 Å². The number of rotatable bonds is 8. The summed E-state index contributed by atoms with van der Waals surface area (Å²) >= 11 is 0. The second kappa shape index (κ2) is 10.7. The van der Waals surface area contributed by atoms with Crippen LogP contribution >= 0.6 is 0 Å². The van der Waals surface area contributed by atoms with Crippen LogP contribution in [-0.2, 0) is 9.47 Å². The van der Waals surface area contributed by atoms with Gasteiger partial charge in [-0.15, -0.1) is 0 Å². The zero-order chi connectivity index (χ0) is 22.3. The van der Waals surface area contributed by atoms with Crippen molar-refractivity contribution in [2.24, 2.45) is 5.16 Å². The van der Waals surface area contributed by atoms with Crippen molar-refractivity contribution in [2.45, 2.75) is 0 Å². The monoisotopic (exact) mass is 451 g/mol. The normalized spacial score (nSPS) is 17.6. The van der Waals surface area contributed by atoms with Gasteiger partial charge in [0.15, 0.2) is 0 Å². The lowest BCUT2D eigenvalue weighted by molar-refractivity contribution is 0.0319. The van der Waals surface area contributed by atoms with Gasteiger partial charge in [-0.1, -0.05) is 23.4 Å². The van der Waals surface area contributed by atoms with E-state index in [4.69, 9.17) is 19.0 Å². The third-order valence-electron chi connectivity index (χ3n) is 5.86. The molecule has 2 fully saturated rings. The van der Waals surface area contributed by atoms with Gasteiger partial charge in [-0.2, -0.15) is 4.98 Å². The van der Waals surface area contributed by atoms with Crippen molar-refractivity contribution >= 4 is 22.8 Å². The Morgan fingerprint density at radius 2 is 1.76 bits per heavy atom. The molecule has 174 valence electrons. The summed E-state index contributed by atoms with van der Waals surface area (Å²) in [5, 5.41) is 5.28. The van der Waals surface area contributed by atoms with Crippen LogP contribution < -0.4 is 14.5 Å². The average Bonchev–Trinajstić information content (AvgIpc) is 3.28. The van der Waals surface area contributed by atoms with Gasteiger partial charge in [0.2, 0.25) is 5.88 Å². The minimum absolute atomic E-state index is 0.399. The number of hydrogen-bond acceptors (Lipinski definition) is 8. The lowest BCUT2D eigenvalue weighted by Gasteiger charge is -2.29. The number of aromatic nitrogens is 2. The van der Waals surface area contributed by atoms with E-state index in [1.807, 2.05) is 42.6 Å². The number of morpholine rings is 2. The van der Waals surface area contributed by atoms with Crippen molar-refractivity contribution in [1.82, 2.24) is 14.9 Å². The fourth-order valence-electron chi connectivity index (χ4n) is 4.03. The van der Waals surface area contributed by atoms with E-state index in [2.05, 4.69) is 24.9 Å². The first-order chi connectivity index (χ1) is 16.3. The molecule has 1 N–H and O–H groups in total. The molecule has 1 aromatic carbocycles. The topological polar surface area (TPSA) is 84.4 Å². The molecule has 2 aromatic heterocycles. The number of benzene rings is 1. The molecule has 9 heteroatoms. The molecule has 4 heterocycles. The van der Waals surface area contributed by atoms with Crippen LogP contribution in [0.25, 0.3) is 10.9 Å². The second-order valence-corrected chi connectivity index (χ2v) is 8.02. The molecule has 33 heavy (non-hydrogen) atoms. The number of aromatic amines is 1. The van der Waals surface area contributed by atoms with E-state index >= 15 is 0 Å². The van der Waals surface area contributed by atoms with Gasteiger partial charge in [0.25, 0.3) is 5.88 Å². The maximum Gasteiger partial charge on any atom is 0.254 e. The minimum Gasteiger partial charge on any atom is -0.476 e. The van der Waals surface area contributed by atoms with Crippen LogP contribution in [-0.4, -0.2) is 86.8 Å². The summed E-state index contributed by atoms with van der Waals surface area (Å²) in [5.41, 5.74) is 3.01. The van der Waals surface area contributed by atoms with Crippen molar-refractivity contribution in [2.75, 3.05) is 70.7 Å². The number of pyridine rings is 1. The molecule has 2 aliphatic heterocycles. The molecule has 2 saturated heterocycles. The van der Waals surface area contributed by atoms with E-state index in [0.717, 1.165) is 68.1 Å². The summed E-state index contributed by atoms with van der Waals surface area (Å²) in [5.74, 6) is 0.931. The molecule has 0 bridgehead atoms. The first-order valence-corrected chi connectivity index (χ1v) is 11.4. The summed E-state index contributed by atoms with van der Waals surface area (Å²) in [6.07, 6.45) is 3.61. The molecule has 5 rings (SSSR count). The fraction of sp³-hybridized carbons (Fsp3) is 0.417. The van der Waals surface area contributed by atoms with Crippen molar-refractivity contribution < 1.29 is 19.0 Å². The van der Waals surface area contributed by atoms with Crippen molar-refractivity contribution in [3.05, 3.63) is 48.2 Å². The second-order valence-electron chi connectivity index (χ2n) is 8.02. The van der Waals surface area contributed by atoms with Crippen LogP contribution in [0.3, 0.4) is 0 Å². The molecule has 0 unspecified atom stereocenters. The fourth-order valence-corrected chi connectivity index (χ4v) is 4.03. The number of fused-ring (bicyclic) bond motifs is 1. The Kier molecular flexibility index (Phi) is 7.00. The van der Waals surface area contributed by atoms with E-state index in [-0.39, 0.29) is 0 Å². The zero-order valence-electron chi connectivity index (χ0n) is 18.6. The third-order valence-corrected chi connectivity index (χ3v) is 5.86. The maximum absolute atomic E-state index is 6.00. The highest BCUT2D eigenvalue weighted by Gasteiger charge is 2.16. The third kappa shape index (κ3) is 5.62. The van der Waals surface area contributed by atoms with Crippen LogP contribution in [0, 0.1) is 0 Å². The van der Waals surface area contributed by atoms with Crippen LogP contribution in [0.1, 0.15) is 5.56 Å². The van der Waals surface area contributed by atoms with E-state index in [9.17, 15) is 0 Å². The molecule has 3 aromatic rings. The summed E-state index contributed by atoms with van der Waals surface area (Å²) < 4.78 is 16.9. The van der Waals surface area contributed by atoms with Gasteiger partial charge in [0.1, 0.15) is 6.61 Å². The smallest absolute Gasteiger partial charge is 0.254 e. The number of oxime groups is 1. The summed E-state index contributed by atoms with van der Waals surface area (Å²) in [6, 6.07) is 11.9. The molecule has 0 saturated carbocycles. The van der Waals surface area contributed by atoms with Gasteiger partial charge < -0.3 is 28.9 Å². The molecule has 2 aliphatic rings. The van der Waals surface area contributed by atoms with Gasteiger partial charge in [0.05, 0.1) is 32.6 Å². The van der Waals surface area contributed by atoms with E-state index < -0.39 is 0 Å². The number of para-hydroxylation sites is 1. The summed E-state index contributed by atoms with van der Waals surface area (Å²) in [7, 11) is 0. The highest BCUT2D eigenvalue weighted by molar-refractivity contribution is 5.98. The predicted octanol–water partition coefficient (Wildman–Crippen LogP) is 2.52. The Hall–Kier alpha value is -3.14. The van der Waals surface area contributed by atoms with Gasteiger partial charge in [-0.25, -0.2) is 0 Å². The lowest BCUT2D eigenvalue weighted by Crippen LogP contribution is -2.38. The lowest BCUT2D eigenvalue weighted by atomic mass is 10.2. The van der Waals surface area contributed by atoms with Gasteiger partial charge >= 0.3 is 0 Å². The highest BCUT2D eigenvalue weighted by Crippen LogP contribution is 2.26. The number of ether oxygens (including phenoxy) is 3. The van der Waals surface area contributed by atoms with Crippen LogP contribution in [0.15, 0.2) is 47.8 Å². The van der Waals surface area contributed by atoms with Crippen molar-refractivity contribution in [1.29, 1.82) is 0 Å². The first kappa shape index (κ1) is 21.7. The van der Waals surface area contributed by atoms with Gasteiger partial charge in [-0.3, -0.25) is 4.90 Å². The van der Waals surface area contributed by atoms with Gasteiger partial charge in [-0.05, 0) is 6.07 Å². The molecule has 0 atom stereocenters. The number of anilines is 1. The number of hydrogen-bond donors (Lipinski definition) is 1. The van der Waals surface area contributed by atoms with Crippen molar-refractivity contribution in [3.63, 3.8) is 0 Å². The molecular weight excluding hydrogens is 422 g/mol. The number of H-pyrrole nitrogens is 1. The Morgan fingerprint density at radius 1 is 1.00 bits per heavy atom. The molecule has 0 spiro atoms. The maximum atomic E-state index is 6.00. The average molecular weight is 452 g/mol. The zero-order valence-corrected chi connectivity index (χ0v) is 18.6. The molecular formula is C24H29N5O4. The van der Waals surface area contributed by atoms with Crippen LogP contribution in [0.2, 0.25) is 0 Å². The SMILES string of the molecule is C(=N\Oc1cc(N2CCOCC2)cc(OCCN2CCOCC2)n1)/c1c[nH]c2ccccc12. The first-order valence-electron chi connectivity index (χ1n) is 11.4. The number of nitrogens with one attached hydrogen (secondary N) is 1.